The lowest BCUT2D eigenvalue weighted by atomic mass is 9.73. The summed E-state index contributed by atoms with van der Waals surface area (Å²) in [5, 5.41) is 20.9. The number of thiol groups is 3. The fourth-order valence-corrected chi connectivity index (χ4v) is 6.27. The SMILES string of the molecule is O=Cc1c(O)c(O)cc2c3c(oc12)[C@H](S)CCC1C(S)CCCC31S. The first-order valence-corrected chi connectivity index (χ1v) is 9.92. The lowest BCUT2D eigenvalue weighted by Gasteiger charge is -2.43. The highest BCUT2D eigenvalue weighted by Gasteiger charge is 2.49. The summed E-state index contributed by atoms with van der Waals surface area (Å²) >= 11 is 14.6. The van der Waals surface area contributed by atoms with Crippen molar-refractivity contribution in [3.8, 4) is 11.5 Å². The molecule has 2 aliphatic carbocycles. The zero-order chi connectivity index (χ0) is 17.9. The van der Waals surface area contributed by atoms with Crippen molar-refractivity contribution < 1.29 is 19.4 Å². The molecular weight excluding hydrogens is 376 g/mol. The quantitative estimate of drug-likeness (QED) is 0.277. The van der Waals surface area contributed by atoms with E-state index in [2.05, 4.69) is 0 Å². The summed E-state index contributed by atoms with van der Waals surface area (Å²) in [4.78, 5) is 11.5. The maximum atomic E-state index is 11.5. The van der Waals surface area contributed by atoms with Crippen LogP contribution in [0.1, 0.15) is 59.0 Å². The normalized spacial score (nSPS) is 32.0. The Balaban J connectivity index is 2.08. The second kappa shape index (κ2) is 6.06. The minimum Gasteiger partial charge on any atom is -0.504 e. The molecule has 0 bridgehead atoms. The molecule has 1 aromatic heterocycles. The highest BCUT2D eigenvalue weighted by Crippen LogP contribution is 2.58. The molecule has 0 spiro atoms. The van der Waals surface area contributed by atoms with Crippen molar-refractivity contribution in [3.63, 3.8) is 0 Å². The number of hydrogen-bond acceptors (Lipinski definition) is 7. The first-order valence-electron chi connectivity index (χ1n) is 8.44. The lowest BCUT2D eigenvalue weighted by molar-refractivity contribution is 0.112. The smallest absolute Gasteiger partial charge is 0.172 e. The third-order valence-electron chi connectivity index (χ3n) is 5.74. The number of aldehydes is 1. The predicted octanol–water partition coefficient (Wildman–Crippen LogP) is 4.64. The molecule has 1 aromatic carbocycles. The van der Waals surface area contributed by atoms with Gasteiger partial charge in [-0.1, -0.05) is 6.42 Å². The molecule has 25 heavy (non-hydrogen) atoms. The van der Waals surface area contributed by atoms with Gasteiger partial charge in [0.25, 0.3) is 0 Å². The van der Waals surface area contributed by atoms with E-state index in [4.69, 9.17) is 42.3 Å². The number of carbonyl (C=O) groups is 1. The van der Waals surface area contributed by atoms with Gasteiger partial charge in [0, 0.05) is 20.9 Å². The Kier molecular flexibility index (Phi) is 4.24. The van der Waals surface area contributed by atoms with Gasteiger partial charge >= 0.3 is 0 Å². The fraction of sp³-hybridized carbons (Fsp3) is 0.500. The Bertz CT molecular complexity index is 862. The standard InChI is InChI=1S/C18H20O4S3/c19-7-9-15(21)11(20)6-8-14-17(22-16(8)9)13(24)4-3-10-12(23)2-1-5-18(10,14)25/h6-7,10,12-13,20-21,23-25H,1-5H2/t10?,12?,13-,18?/m1/s1. The highest BCUT2D eigenvalue weighted by atomic mass is 32.1. The first kappa shape index (κ1) is 17.5. The molecule has 4 rings (SSSR count). The molecule has 1 saturated carbocycles. The largest absolute Gasteiger partial charge is 0.504 e. The van der Waals surface area contributed by atoms with E-state index >= 15 is 0 Å². The van der Waals surface area contributed by atoms with Crippen molar-refractivity contribution in [3.05, 3.63) is 23.0 Å². The molecule has 2 N–H and O–H groups in total. The van der Waals surface area contributed by atoms with Crippen molar-refractivity contribution in [2.75, 3.05) is 0 Å². The van der Waals surface area contributed by atoms with Crippen LogP contribution in [0.2, 0.25) is 0 Å². The van der Waals surface area contributed by atoms with E-state index in [1.165, 1.54) is 6.07 Å². The highest BCUT2D eigenvalue weighted by molar-refractivity contribution is 7.82. The Hall–Kier alpha value is -0.920. The lowest BCUT2D eigenvalue weighted by Crippen LogP contribution is -2.39. The number of phenols is 2. The number of fused-ring (bicyclic) bond motifs is 5. The number of furan rings is 1. The minimum atomic E-state index is -0.456. The monoisotopic (exact) mass is 396 g/mol. The average Bonchev–Trinajstić information content (AvgIpc) is 2.90. The van der Waals surface area contributed by atoms with Gasteiger partial charge in [-0.25, -0.2) is 0 Å². The van der Waals surface area contributed by atoms with E-state index in [-0.39, 0.29) is 27.7 Å². The van der Waals surface area contributed by atoms with E-state index in [1.807, 2.05) is 0 Å². The van der Waals surface area contributed by atoms with Gasteiger partial charge in [-0.2, -0.15) is 37.9 Å². The van der Waals surface area contributed by atoms with E-state index in [9.17, 15) is 15.0 Å². The van der Waals surface area contributed by atoms with Crippen LogP contribution in [0.5, 0.6) is 11.5 Å². The summed E-state index contributed by atoms with van der Waals surface area (Å²) in [5.41, 5.74) is 1.16. The summed E-state index contributed by atoms with van der Waals surface area (Å²) in [6, 6.07) is 1.48. The van der Waals surface area contributed by atoms with E-state index in [1.54, 1.807) is 0 Å². The molecule has 4 nitrogen and oxygen atoms in total. The molecule has 3 unspecified atom stereocenters. The zero-order valence-electron chi connectivity index (χ0n) is 13.5. The van der Waals surface area contributed by atoms with Gasteiger partial charge in [0.05, 0.1) is 5.25 Å². The molecule has 0 aliphatic heterocycles. The number of rotatable bonds is 1. The van der Waals surface area contributed by atoms with Crippen LogP contribution in [0.15, 0.2) is 10.5 Å². The molecule has 0 saturated heterocycles. The molecule has 7 heteroatoms. The third-order valence-corrected chi connectivity index (χ3v) is 7.63. The Labute approximate surface area is 162 Å². The molecule has 1 fully saturated rings. The van der Waals surface area contributed by atoms with Crippen LogP contribution in [0, 0.1) is 5.92 Å². The molecule has 0 amide bonds. The second-order valence-electron chi connectivity index (χ2n) is 7.08. The van der Waals surface area contributed by atoms with Gasteiger partial charge in [0.15, 0.2) is 17.8 Å². The molecule has 4 atom stereocenters. The molecular formula is C18H20O4S3. The summed E-state index contributed by atoms with van der Waals surface area (Å²) in [7, 11) is 0. The van der Waals surface area contributed by atoms with Crippen LogP contribution in [0.4, 0.5) is 0 Å². The van der Waals surface area contributed by atoms with Gasteiger partial charge < -0.3 is 14.6 Å². The van der Waals surface area contributed by atoms with E-state index in [0.717, 1.165) is 37.7 Å². The maximum Gasteiger partial charge on any atom is 0.172 e. The Morgan fingerprint density at radius 2 is 2.00 bits per heavy atom. The summed E-state index contributed by atoms with van der Waals surface area (Å²) in [6.45, 7) is 0. The van der Waals surface area contributed by atoms with Gasteiger partial charge in [0.2, 0.25) is 0 Å². The number of benzene rings is 1. The number of hydrogen-bond donors (Lipinski definition) is 5. The van der Waals surface area contributed by atoms with Crippen molar-refractivity contribution in [2.45, 2.75) is 47.4 Å². The molecule has 1 heterocycles. The van der Waals surface area contributed by atoms with Crippen LogP contribution in [0.25, 0.3) is 11.0 Å². The minimum absolute atomic E-state index is 0.0321. The molecule has 134 valence electrons. The topological polar surface area (TPSA) is 70.7 Å². The zero-order valence-corrected chi connectivity index (χ0v) is 16.2. The number of phenolic OH excluding ortho intramolecular Hbond substituents is 2. The molecule has 0 radical (unpaired) electrons. The van der Waals surface area contributed by atoms with Crippen molar-refractivity contribution in [2.24, 2.45) is 5.92 Å². The summed E-state index contributed by atoms with van der Waals surface area (Å²) in [5.74, 6) is 0.152. The fourth-order valence-electron chi connectivity index (χ4n) is 4.54. The van der Waals surface area contributed by atoms with Crippen LogP contribution in [-0.4, -0.2) is 21.7 Å². The average molecular weight is 397 g/mol. The van der Waals surface area contributed by atoms with Gasteiger partial charge in [0.1, 0.15) is 16.9 Å². The first-order chi connectivity index (χ1) is 11.9. The van der Waals surface area contributed by atoms with Gasteiger partial charge in [-0.05, 0) is 37.7 Å². The van der Waals surface area contributed by atoms with E-state index in [0.29, 0.717) is 23.0 Å². The van der Waals surface area contributed by atoms with Crippen molar-refractivity contribution >= 4 is 55.1 Å². The van der Waals surface area contributed by atoms with Crippen LogP contribution in [-0.2, 0) is 4.75 Å². The molecule has 2 aromatic rings. The van der Waals surface area contributed by atoms with Gasteiger partial charge in [-0.15, -0.1) is 0 Å². The van der Waals surface area contributed by atoms with Crippen LogP contribution < -0.4 is 0 Å². The summed E-state index contributed by atoms with van der Waals surface area (Å²) in [6.07, 6.45) is 5.21. The number of aromatic hydroxyl groups is 2. The van der Waals surface area contributed by atoms with Crippen LogP contribution >= 0.6 is 37.9 Å². The Morgan fingerprint density at radius 1 is 1.24 bits per heavy atom. The maximum absolute atomic E-state index is 11.5. The summed E-state index contributed by atoms with van der Waals surface area (Å²) < 4.78 is 5.59. The predicted molar refractivity (Wildman–Crippen MR) is 107 cm³/mol. The van der Waals surface area contributed by atoms with Crippen molar-refractivity contribution in [1.29, 1.82) is 0 Å². The third kappa shape index (κ3) is 2.42. The van der Waals surface area contributed by atoms with Crippen LogP contribution in [0.3, 0.4) is 0 Å². The Morgan fingerprint density at radius 3 is 2.72 bits per heavy atom. The molecule has 2 aliphatic rings. The number of carbonyl (C=O) groups excluding carboxylic acids is 1. The second-order valence-corrected chi connectivity index (χ2v) is 9.16. The van der Waals surface area contributed by atoms with Crippen molar-refractivity contribution in [1.82, 2.24) is 0 Å². The van der Waals surface area contributed by atoms with E-state index < -0.39 is 10.5 Å². The van der Waals surface area contributed by atoms with Gasteiger partial charge in [-0.3, -0.25) is 4.79 Å².